The van der Waals surface area contributed by atoms with Crippen molar-refractivity contribution in [2.75, 3.05) is 44.3 Å². The minimum atomic E-state index is -0.421. The van der Waals surface area contributed by atoms with Crippen LogP contribution in [0.2, 0.25) is 0 Å². The number of carbonyl (C=O) groups is 1. The predicted molar refractivity (Wildman–Crippen MR) is 117 cm³/mol. The van der Waals surface area contributed by atoms with Crippen LogP contribution in [0.1, 0.15) is 11.3 Å². The van der Waals surface area contributed by atoms with Crippen molar-refractivity contribution in [2.24, 2.45) is 0 Å². The number of aryl methyl sites for hydroxylation is 1. The number of benzene rings is 1. The number of nitrogens with zero attached hydrogens (tertiary/aromatic N) is 5. The highest BCUT2D eigenvalue weighted by Gasteiger charge is 2.23. The first-order valence-electron chi connectivity index (χ1n) is 10.1. The Morgan fingerprint density at radius 3 is 2.81 bits per heavy atom. The number of hydrogen-bond donors (Lipinski definition) is 0. The van der Waals surface area contributed by atoms with Gasteiger partial charge < -0.3 is 4.74 Å². The van der Waals surface area contributed by atoms with E-state index in [0.29, 0.717) is 47.4 Å². The summed E-state index contributed by atoms with van der Waals surface area (Å²) < 4.78 is 21.5. The van der Waals surface area contributed by atoms with Crippen molar-refractivity contribution in [1.82, 2.24) is 19.4 Å². The molecule has 0 saturated carbocycles. The highest BCUT2D eigenvalue weighted by atomic mass is 32.1. The van der Waals surface area contributed by atoms with E-state index >= 15 is 0 Å². The van der Waals surface area contributed by atoms with E-state index in [1.807, 2.05) is 0 Å². The molecule has 3 heterocycles. The van der Waals surface area contributed by atoms with Gasteiger partial charge in [-0.2, -0.15) is 0 Å². The molecule has 1 fully saturated rings. The second-order valence-electron chi connectivity index (χ2n) is 7.47. The first-order chi connectivity index (χ1) is 14.9. The third-order valence-electron chi connectivity index (χ3n) is 5.45. The smallest absolute Gasteiger partial charge is 0.256 e. The summed E-state index contributed by atoms with van der Waals surface area (Å²) in [6, 6.07) is 4.76. The van der Waals surface area contributed by atoms with Gasteiger partial charge >= 0.3 is 0 Å². The number of thiazole rings is 1. The lowest BCUT2D eigenvalue weighted by atomic mass is 10.3. The van der Waals surface area contributed by atoms with Crippen LogP contribution in [0.5, 0.6) is 0 Å². The highest BCUT2D eigenvalue weighted by Crippen LogP contribution is 2.30. The molecule has 1 saturated heterocycles. The van der Waals surface area contributed by atoms with Crippen molar-refractivity contribution in [3.8, 4) is 0 Å². The lowest BCUT2D eigenvalue weighted by molar-refractivity contribution is -0.119. The van der Waals surface area contributed by atoms with Gasteiger partial charge in [-0.25, -0.2) is 14.4 Å². The van der Waals surface area contributed by atoms with Gasteiger partial charge in [0.15, 0.2) is 5.13 Å². The van der Waals surface area contributed by atoms with Gasteiger partial charge in [0.05, 0.1) is 24.2 Å². The maximum atomic E-state index is 14.2. The first-order valence-corrected chi connectivity index (χ1v) is 10.9. The number of ether oxygens (including phenoxy) is 1. The largest absolute Gasteiger partial charge is 0.379 e. The fourth-order valence-corrected chi connectivity index (χ4v) is 4.45. The van der Waals surface area contributed by atoms with Crippen LogP contribution in [0.25, 0.3) is 10.2 Å². The van der Waals surface area contributed by atoms with E-state index in [-0.39, 0.29) is 23.5 Å². The van der Waals surface area contributed by atoms with E-state index in [4.69, 9.17) is 4.74 Å². The number of fused-ring (bicyclic) bond motifs is 1. The second-order valence-corrected chi connectivity index (χ2v) is 8.48. The zero-order valence-electron chi connectivity index (χ0n) is 17.5. The van der Waals surface area contributed by atoms with Gasteiger partial charge in [0, 0.05) is 37.4 Å². The number of carbonyl (C=O) groups excluding carboxylic acids is 1. The number of para-hydroxylation sites is 1. The SMILES string of the molecule is Cc1ncn(CC(=O)N(CCN2CCOCC2)c2nc3c(F)cccc3s2)c(=O)c1C. The van der Waals surface area contributed by atoms with E-state index in [2.05, 4.69) is 14.9 Å². The molecule has 8 nitrogen and oxygen atoms in total. The van der Waals surface area contributed by atoms with Crippen LogP contribution in [-0.2, 0) is 16.1 Å². The summed E-state index contributed by atoms with van der Waals surface area (Å²) >= 11 is 1.26. The Kier molecular flexibility index (Phi) is 6.40. The molecule has 2 aromatic heterocycles. The van der Waals surface area contributed by atoms with E-state index in [1.54, 1.807) is 30.9 Å². The van der Waals surface area contributed by atoms with Gasteiger partial charge in [-0.05, 0) is 26.0 Å². The average molecular weight is 446 g/mol. The quantitative estimate of drug-likeness (QED) is 0.577. The van der Waals surface area contributed by atoms with Gasteiger partial charge in [-0.1, -0.05) is 17.4 Å². The second kappa shape index (κ2) is 9.21. The van der Waals surface area contributed by atoms with Gasteiger partial charge in [0.1, 0.15) is 17.9 Å². The van der Waals surface area contributed by atoms with Crippen molar-refractivity contribution >= 4 is 32.6 Å². The molecule has 1 amide bonds. The standard InChI is InChI=1S/C21H24FN5O3S/c1-14-15(2)23-13-26(20(14)29)12-18(28)27(7-6-25-8-10-30-11-9-25)21-24-19-16(22)4-3-5-17(19)31-21/h3-5,13H,6-12H2,1-2H3. The summed E-state index contributed by atoms with van der Waals surface area (Å²) in [4.78, 5) is 38.2. The third-order valence-corrected chi connectivity index (χ3v) is 6.50. The summed E-state index contributed by atoms with van der Waals surface area (Å²) in [6.45, 7) is 7.20. The van der Waals surface area contributed by atoms with E-state index in [1.165, 1.54) is 28.3 Å². The highest BCUT2D eigenvalue weighted by molar-refractivity contribution is 7.22. The number of aromatic nitrogens is 3. The lowest BCUT2D eigenvalue weighted by Crippen LogP contribution is -2.44. The Morgan fingerprint density at radius 1 is 1.29 bits per heavy atom. The molecule has 0 unspecified atom stereocenters. The summed E-state index contributed by atoms with van der Waals surface area (Å²) in [5.74, 6) is -0.713. The molecule has 1 aliphatic heterocycles. The van der Waals surface area contributed by atoms with Crippen molar-refractivity contribution in [3.05, 3.63) is 52.0 Å². The van der Waals surface area contributed by atoms with E-state index in [9.17, 15) is 14.0 Å². The van der Waals surface area contributed by atoms with E-state index < -0.39 is 5.82 Å². The van der Waals surface area contributed by atoms with Crippen molar-refractivity contribution < 1.29 is 13.9 Å². The Morgan fingerprint density at radius 2 is 2.06 bits per heavy atom. The molecule has 10 heteroatoms. The molecule has 0 N–H and O–H groups in total. The molecule has 0 radical (unpaired) electrons. The first kappa shape index (κ1) is 21.5. The fourth-order valence-electron chi connectivity index (χ4n) is 3.43. The number of halogens is 1. The molecule has 4 rings (SSSR count). The van der Waals surface area contributed by atoms with Crippen molar-refractivity contribution in [3.63, 3.8) is 0 Å². The Hall–Kier alpha value is -2.69. The van der Waals surface area contributed by atoms with Gasteiger partial charge in [-0.15, -0.1) is 0 Å². The van der Waals surface area contributed by atoms with Crippen LogP contribution in [0, 0.1) is 19.7 Å². The summed E-state index contributed by atoms with van der Waals surface area (Å²) in [5, 5.41) is 0.420. The minimum Gasteiger partial charge on any atom is -0.379 e. The van der Waals surface area contributed by atoms with Crippen molar-refractivity contribution in [1.29, 1.82) is 0 Å². The summed E-state index contributed by atoms with van der Waals surface area (Å²) in [5.41, 5.74) is 1.15. The minimum absolute atomic E-state index is 0.158. The molecular weight excluding hydrogens is 421 g/mol. The van der Waals surface area contributed by atoms with Gasteiger partial charge in [-0.3, -0.25) is 24.0 Å². The number of anilines is 1. The van der Waals surface area contributed by atoms with Crippen LogP contribution >= 0.6 is 11.3 Å². The Bertz CT molecular complexity index is 1160. The number of rotatable bonds is 6. The normalized spacial score (nSPS) is 14.8. The third kappa shape index (κ3) is 4.65. The molecular formula is C21H24FN5O3S. The number of hydrogen-bond acceptors (Lipinski definition) is 7. The number of amides is 1. The summed E-state index contributed by atoms with van der Waals surface area (Å²) in [7, 11) is 0. The molecule has 3 aromatic rings. The van der Waals surface area contributed by atoms with Crippen molar-refractivity contribution in [2.45, 2.75) is 20.4 Å². The fraction of sp³-hybridized carbons (Fsp3) is 0.429. The van der Waals surface area contributed by atoms with Crippen LogP contribution in [-0.4, -0.2) is 64.7 Å². The molecule has 164 valence electrons. The molecule has 1 aliphatic rings. The van der Waals surface area contributed by atoms with Gasteiger partial charge in [0.25, 0.3) is 5.56 Å². The van der Waals surface area contributed by atoms with Crippen LogP contribution in [0.4, 0.5) is 9.52 Å². The monoisotopic (exact) mass is 445 g/mol. The van der Waals surface area contributed by atoms with Gasteiger partial charge in [0.2, 0.25) is 5.91 Å². The van der Waals surface area contributed by atoms with Crippen LogP contribution in [0.3, 0.4) is 0 Å². The molecule has 0 aliphatic carbocycles. The molecule has 1 aromatic carbocycles. The maximum absolute atomic E-state index is 14.2. The summed E-state index contributed by atoms with van der Waals surface area (Å²) in [6.07, 6.45) is 1.39. The lowest BCUT2D eigenvalue weighted by Gasteiger charge is -2.29. The number of morpholine rings is 1. The van der Waals surface area contributed by atoms with E-state index in [0.717, 1.165) is 13.1 Å². The van der Waals surface area contributed by atoms with Crippen LogP contribution < -0.4 is 10.5 Å². The Balaban J connectivity index is 1.62. The predicted octanol–water partition coefficient (Wildman–Crippen LogP) is 1.97. The van der Waals surface area contributed by atoms with Crippen LogP contribution in [0.15, 0.2) is 29.3 Å². The topological polar surface area (TPSA) is 80.6 Å². The molecule has 31 heavy (non-hydrogen) atoms. The molecule has 0 bridgehead atoms. The average Bonchev–Trinajstić information content (AvgIpc) is 3.20. The zero-order chi connectivity index (χ0) is 22.0. The zero-order valence-corrected chi connectivity index (χ0v) is 18.3. The Labute approximate surface area is 182 Å². The molecule has 0 spiro atoms. The molecule has 0 atom stereocenters. The maximum Gasteiger partial charge on any atom is 0.256 e.